The van der Waals surface area contributed by atoms with Crippen molar-refractivity contribution in [2.24, 2.45) is 0 Å². The van der Waals surface area contributed by atoms with E-state index in [4.69, 9.17) is 9.47 Å². The molecule has 0 saturated heterocycles. The van der Waals surface area contributed by atoms with Gasteiger partial charge in [0.2, 0.25) is 5.82 Å². The van der Waals surface area contributed by atoms with Crippen LogP contribution in [0.5, 0.6) is 17.2 Å². The molecule has 0 bridgehead atoms. The molecule has 0 aliphatic carbocycles. The molecule has 8 heteroatoms. The zero-order chi connectivity index (χ0) is 26.9. The fourth-order valence-electron chi connectivity index (χ4n) is 3.91. The van der Waals surface area contributed by atoms with Crippen LogP contribution in [0.15, 0.2) is 91.3 Å². The molecule has 0 radical (unpaired) electrons. The first-order valence-electron chi connectivity index (χ1n) is 12.3. The van der Waals surface area contributed by atoms with E-state index in [-0.39, 0.29) is 17.5 Å². The van der Waals surface area contributed by atoms with E-state index in [2.05, 4.69) is 9.97 Å². The maximum Gasteiger partial charge on any atom is 0.291 e. The highest BCUT2D eigenvalue weighted by Gasteiger charge is 2.21. The number of rotatable bonds is 11. The maximum absolute atomic E-state index is 13.2. The summed E-state index contributed by atoms with van der Waals surface area (Å²) >= 11 is 0. The van der Waals surface area contributed by atoms with Crippen molar-refractivity contribution < 1.29 is 24.2 Å². The second-order valence-electron chi connectivity index (χ2n) is 8.60. The molecule has 194 valence electrons. The van der Waals surface area contributed by atoms with Gasteiger partial charge in [-0.2, -0.15) is 0 Å². The average Bonchev–Trinajstić information content (AvgIpc) is 2.97. The second-order valence-corrected chi connectivity index (χ2v) is 8.60. The molecule has 3 aromatic carbocycles. The van der Waals surface area contributed by atoms with Crippen LogP contribution in [0.3, 0.4) is 0 Å². The zero-order valence-electron chi connectivity index (χ0n) is 21.3. The number of amides is 1. The SMILES string of the molecule is CCCN(Cc1ccc(C(=O)C(O)c2ccccc2)cc1)C(=O)c1ncc(Oc2ccccc2OC)cn1. The van der Waals surface area contributed by atoms with Crippen molar-refractivity contribution in [3.63, 3.8) is 0 Å². The third kappa shape index (κ3) is 6.41. The third-order valence-corrected chi connectivity index (χ3v) is 5.87. The van der Waals surface area contributed by atoms with Gasteiger partial charge in [0, 0.05) is 18.7 Å². The number of aromatic nitrogens is 2. The van der Waals surface area contributed by atoms with Gasteiger partial charge in [0.15, 0.2) is 23.0 Å². The summed E-state index contributed by atoms with van der Waals surface area (Å²) in [5.74, 6) is 0.839. The lowest BCUT2D eigenvalue weighted by molar-refractivity contribution is 0.0727. The van der Waals surface area contributed by atoms with E-state index in [1.807, 2.05) is 25.1 Å². The van der Waals surface area contributed by atoms with Crippen LogP contribution >= 0.6 is 0 Å². The van der Waals surface area contributed by atoms with E-state index in [9.17, 15) is 14.7 Å². The normalized spacial score (nSPS) is 11.4. The summed E-state index contributed by atoms with van der Waals surface area (Å²) in [6.45, 7) is 2.82. The minimum atomic E-state index is -1.23. The van der Waals surface area contributed by atoms with Crippen molar-refractivity contribution >= 4 is 11.7 Å². The van der Waals surface area contributed by atoms with Gasteiger partial charge in [-0.05, 0) is 29.7 Å². The topological polar surface area (TPSA) is 102 Å². The fourth-order valence-corrected chi connectivity index (χ4v) is 3.91. The Hall–Kier alpha value is -4.56. The summed E-state index contributed by atoms with van der Waals surface area (Å²) in [5.41, 5.74) is 1.78. The number of benzene rings is 3. The number of para-hydroxylation sites is 2. The third-order valence-electron chi connectivity index (χ3n) is 5.87. The van der Waals surface area contributed by atoms with Gasteiger partial charge in [0.05, 0.1) is 19.5 Å². The Kier molecular flexibility index (Phi) is 8.79. The van der Waals surface area contributed by atoms with Crippen LogP contribution in [-0.2, 0) is 6.54 Å². The predicted molar refractivity (Wildman–Crippen MR) is 142 cm³/mol. The van der Waals surface area contributed by atoms with Crippen molar-refractivity contribution in [2.75, 3.05) is 13.7 Å². The molecule has 38 heavy (non-hydrogen) atoms. The highest BCUT2D eigenvalue weighted by molar-refractivity contribution is 5.99. The maximum atomic E-state index is 13.2. The number of carbonyl (C=O) groups excluding carboxylic acids is 2. The molecular formula is C30H29N3O5. The van der Waals surface area contributed by atoms with Crippen molar-refractivity contribution in [3.8, 4) is 17.2 Å². The summed E-state index contributed by atoms with van der Waals surface area (Å²) in [6, 6.07) is 22.9. The minimum Gasteiger partial charge on any atom is -0.493 e. The molecular weight excluding hydrogens is 482 g/mol. The fraction of sp³-hybridized carbons (Fsp3) is 0.200. The first-order valence-corrected chi connectivity index (χ1v) is 12.3. The van der Waals surface area contributed by atoms with Crippen LogP contribution < -0.4 is 9.47 Å². The monoisotopic (exact) mass is 511 g/mol. The van der Waals surface area contributed by atoms with Gasteiger partial charge in [-0.3, -0.25) is 9.59 Å². The molecule has 4 rings (SSSR count). The van der Waals surface area contributed by atoms with Crippen LogP contribution in [0.4, 0.5) is 0 Å². The molecule has 1 N–H and O–H groups in total. The molecule has 1 amide bonds. The Morgan fingerprint density at radius 2 is 1.53 bits per heavy atom. The lowest BCUT2D eigenvalue weighted by atomic mass is 9.99. The summed E-state index contributed by atoms with van der Waals surface area (Å²) in [5, 5.41) is 10.4. The number of nitrogens with zero attached hydrogens (tertiary/aromatic N) is 3. The number of aliphatic hydroxyl groups excluding tert-OH is 1. The Labute approximate surface area is 221 Å². The summed E-state index contributed by atoms with van der Waals surface area (Å²) in [4.78, 5) is 36.0. The largest absolute Gasteiger partial charge is 0.493 e. The van der Waals surface area contributed by atoms with Crippen molar-refractivity contribution in [1.29, 1.82) is 0 Å². The molecule has 0 spiro atoms. The van der Waals surface area contributed by atoms with E-state index >= 15 is 0 Å². The summed E-state index contributed by atoms with van der Waals surface area (Å²) < 4.78 is 11.1. The molecule has 1 aromatic heterocycles. The number of ketones is 1. The molecule has 0 aliphatic rings. The molecule has 8 nitrogen and oxygen atoms in total. The van der Waals surface area contributed by atoms with Crippen molar-refractivity contribution in [1.82, 2.24) is 14.9 Å². The Balaban J connectivity index is 1.42. The van der Waals surface area contributed by atoms with Crippen molar-refractivity contribution in [2.45, 2.75) is 26.0 Å². The zero-order valence-corrected chi connectivity index (χ0v) is 21.3. The minimum absolute atomic E-state index is 0.0589. The highest BCUT2D eigenvalue weighted by atomic mass is 16.5. The van der Waals surface area contributed by atoms with Gasteiger partial charge in [-0.1, -0.05) is 73.7 Å². The molecule has 1 atom stereocenters. The van der Waals surface area contributed by atoms with Gasteiger partial charge >= 0.3 is 0 Å². The number of hydrogen-bond donors (Lipinski definition) is 1. The van der Waals surface area contributed by atoms with Gasteiger partial charge in [0.25, 0.3) is 5.91 Å². The second kappa shape index (κ2) is 12.6. The summed E-state index contributed by atoms with van der Waals surface area (Å²) in [6.07, 6.45) is 2.43. The molecule has 4 aromatic rings. The number of aliphatic hydroxyl groups is 1. The van der Waals surface area contributed by atoms with Crippen LogP contribution in [0.2, 0.25) is 0 Å². The number of hydrogen-bond acceptors (Lipinski definition) is 7. The predicted octanol–water partition coefficient (Wildman–Crippen LogP) is 5.25. The molecule has 0 saturated carbocycles. The summed E-state index contributed by atoms with van der Waals surface area (Å²) in [7, 11) is 1.56. The van der Waals surface area contributed by atoms with Crippen LogP contribution in [0.1, 0.15) is 51.6 Å². The first kappa shape index (κ1) is 26.5. The Bertz CT molecular complexity index is 1360. The van der Waals surface area contributed by atoms with E-state index in [1.165, 1.54) is 12.4 Å². The Morgan fingerprint density at radius 3 is 2.16 bits per heavy atom. The number of methoxy groups -OCH3 is 1. The highest BCUT2D eigenvalue weighted by Crippen LogP contribution is 2.30. The number of ether oxygens (including phenoxy) is 2. The molecule has 1 heterocycles. The van der Waals surface area contributed by atoms with Gasteiger partial charge in [-0.25, -0.2) is 9.97 Å². The lowest BCUT2D eigenvalue weighted by Crippen LogP contribution is -2.32. The van der Waals surface area contributed by atoms with Gasteiger partial charge in [0.1, 0.15) is 6.10 Å². The van der Waals surface area contributed by atoms with Crippen LogP contribution in [0, 0.1) is 0 Å². The van der Waals surface area contributed by atoms with Crippen LogP contribution in [0.25, 0.3) is 0 Å². The van der Waals surface area contributed by atoms with E-state index < -0.39 is 6.10 Å². The smallest absolute Gasteiger partial charge is 0.291 e. The standard InChI is InChI=1S/C30H29N3O5/c1-3-17-33(20-21-13-15-23(16-14-21)28(35)27(34)22-9-5-4-6-10-22)30(36)29-31-18-24(19-32-29)38-26-12-8-7-11-25(26)37-2/h4-16,18-19,27,34H,3,17,20H2,1-2H3. The number of Topliss-reactive ketones (excluding diaryl/α,β-unsaturated/α-hetero) is 1. The van der Waals surface area contributed by atoms with Gasteiger partial charge < -0.3 is 19.5 Å². The number of carbonyl (C=O) groups is 2. The molecule has 0 aliphatic heterocycles. The lowest BCUT2D eigenvalue weighted by Gasteiger charge is -2.21. The van der Waals surface area contributed by atoms with Gasteiger partial charge in [-0.15, -0.1) is 0 Å². The quantitative estimate of drug-likeness (QED) is 0.275. The van der Waals surface area contributed by atoms with E-state index in [1.54, 1.807) is 72.7 Å². The molecule has 1 unspecified atom stereocenters. The van der Waals surface area contributed by atoms with Crippen LogP contribution in [-0.4, -0.2) is 45.3 Å². The molecule has 0 fully saturated rings. The van der Waals surface area contributed by atoms with E-state index in [0.717, 1.165) is 12.0 Å². The van der Waals surface area contributed by atoms with E-state index in [0.29, 0.717) is 41.5 Å². The Morgan fingerprint density at radius 1 is 0.895 bits per heavy atom. The average molecular weight is 512 g/mol. The van der Waals surface area contributed by atoms with Crippen molar-refractivity contribution in [3.05, 3.63) is 114 Å². The first-order chi connectivity index (χ1) is 18.5.